The van der Waals surface area contributed by atoms with Gasteiger partial charge in [0.15, 0.2) is 11.5 Å². The summed E-state index contributed by atoms with van der Waals surface area (Å²) >= 11 is 0. The molecule has 7 heteroatoms. The SMILES string of the molecule is COCCCC(N)C(=O)NCc1nnc2ccccn12. The van der Waals surface area contributed by atoms with Gasteiger partial charge in [-0.1, -0.05) is 6.07 Å². The molecule has 20 heavy (non-hydrogen) atoms. The first-order chi connectivity index (χ1) is 9.72. The fourth-order valence-electron chi connectivity index (χ4n) is 1.89. The van der Waals surface area contributed by atoms with Crippen molar-refractivity contribution in [1.82, 2.24) is 19.9 Å². The molecule has 1 atom stereocenters. The number of nitrogens with two attached hydrogens (primary N) is 1. The third-order valence-corrected chi connectivity index (χ3v) is 3.01. The van der Waals surface area contributed by atoms with Gasteiger partial charge in [-0.15, -0.1) is 10.2 Å². The smallest absolute Gasteiger partial charge is 0.237 e. The van der Waals surface area contributed by atoms with Crippen molar-refractivity contribution in [2.45, 2.75) is 25.4 Å². The molecule has 0 aliphatic rings. The fraction of sp³-hybridized carbons (Fsp3) is 0.462. The molecule has 0 saturated heterocycles. The van der Waals surface area contributed by atoms with E-state index >= 15 is 0 Å². The standard InChI is InChI=1S/C13H19N5O2/c1-20-8-4-5-10(14)13(19)15-9-12-17-16-11-6-2-3-7-18(11)12/h2-3,6-7,10H,4-5,8-9,14H2,1H3,(H,15,19). The van der Waals surface area contributed by atoms with Gasteiger partial charge in [-0.05, 0) is 25.0 Å². The van der Waals surface area contributed by atoms with Crippen LogP contribution in [0.3, 0.4) is 0 Å². The summed E-state index contributed by atoms with van der Waals surface area (Å²) in [7, 11) is 1.63. The summed E-state index contributed by atoms with van der Waals surface area (Å²) in [5.74, 6) is 0.492. The molecule has 0 bridgehead atoms. The van der Waals surface area contributed by atoms with Gasteiger partial charge in [-0.3, -0.25) is 9.20 Å². The second-order valence-electron chi connectivity index (χ2n) is 4.50. The van der Waals surface area contributed by atoms with Gasteiger partial charge in [0.2, 0.25) is 5.91 Å². The molecule has 1 amide bonds. The zero-order valence-corrected chi connectivity index (χ0v) is 11.5. The predicted octanol–water partition coefficient (Wildman–Crippen LogP) is 0.0994. The van der Waals surface area contributed by atoms with Crippen LogP contribution in [-0.4, -0.2) is 40.3 Å². The van der Waals surface area contributed by atoms with E-state index in [-0.39, 0.29) is 5.91 Å². The van der Waals surface area contributed by atoms with E-state index < -0.39 is 6.04 Å². The molecular weight excluding hydrogens is 258 g/mol. The maximum atomic E-state index is 11.8. The number of nitrogens with zero attached hydrogens (tertiary/aromatic N) is 3. The van der Waals surface area contributed by atoms with Gasteiger partial charge < -0.3 is 15.8 Å². The minimum atomic E-state index is -0.524. The molecule has 0 saturated carbocycles. The van der Waals surface area contributed by atoms with E-state index in [0.717, 1.165) is 12.1 Å². The molecule has 0 aliphatic heterocycles. The second-order valence-corrected chi connectivity index (χ2v) is 4.50. The maximum absolute atomic E-state index is 11.8. The van der Waals surface area contributed by atoms with Crippen molar-refractivity contribution in [2.75, 3.05) is 13.7 Å². The van der Waals surface area contributed by atoms with E-state index in [4.69, 9.17) is 10.5 Å². The average molecular weight is 277 g/mol. The zero-order valence-electron chi connectivity index (χ0n) is 11.5. The first kappa shape index (κ1) is 14.4. The summed E-state index contributed by atoms with van der Waals surface area (Å²) in [4.78, 5) is 11.8. The molecule has 3 N–H and O–H groups in total. The van der Waals surface area contributed by atoms with Crippen LogP contribution < -0.4 is 11.1 Å². The quantitative estimate of drug-likeness (QED) is 0.700. The van der Waals surface area contributed by atoms with Crippen LogP contribution in [-0.2, 0) is 16.1 Å². The maximum Gasteiger partial charge on any atom is 0.237 e. The topological polar surface area (TPSA) is 94.5 Å². The van der Waals surface area contributed by atoms with Crippen molar-refractivity contribution in [3.05, 3.63) is 30.2 Å². The normalized spacial score (nSPS) is 12.5. The molecule has 0 aliphatic carbocycles. The third-order valence-electron chi connectivity index (χ3n) is 3.01. The van der Waals surface area contributed by atoms with Crippen LogP contribution in [0.15, 0.2) is 24.4 Å². The molecular formula is C13H19N5O2. The molecule has 2 rings (SSSR count). The van der Waals surface area contributed by atoms with Gasteiger partial charge >= 0.3 is 0 Å². The number of aromatic nitrogens is 3. The number of hydrogen-bond acceptors (Lipinski definition) is 5. The molecule has 108 valence electrons. The van der Waals surface area contributed by atoms with Crippen LogP contribution in [0.25, 0.3) is 5.65 Å². The van der Waals surface area contributed by atoms with Gasteiger partial charge in [0.25, 0.3) is 0 Å². The highest BCUT2D eigenvalue weighted by molar-refractivity contribution is 5.81. The molecule has 2 aromatic rings. The Morgan fingerprint density at radius 3 is 3.15 bits per heavy atom. The Hall–Kier alpha value is -1.99. The summed E-state index contributed by atoms with van der Waals surface area (Å²) in [6.07, 6.45) is 3.22. The number of rotatable bonds is 7. The molecule has 0 aromatic carbocycles. The highest BCUT2D eigenvalue weighted by Crippen LogP contribution is 2.02. The van der Waals surface area contributed by atoms with E-state index in [1.165, 1.54) is 0 Å². The minimum Gasteiger partial charge on any atom is -0.385 e. The van der Waals surface area contributed by atoms with Crippen molar-refractivity contribution in [3.8, 4) is 0 Å². The number of pyridine rings is 1. The highest BCUT2D eigenvalue weighted by atomic mass is 16.5. The third kappa shape index (κ3) is 3.52. The van der Waals surface area contributed by atoms with Crippen LogP contribution in [0, 0.1) is 0 Å². The molecule has 1 unspecified atom stereocenters. The van der Waals surface area contributed by atoms with Gasteiger partial charge in [-0.2, -0.15) is 0 Å². The Morgan fingerprint density at radius 2 is 2.35 bits per heavy atom. The number of carbonyl (C=O) groups excluding carboxylic acids is 1. The van der Waals surface area contributed by atoms with Crippen molar-refractivity contribution in [3.63, 3.8) is 0 Å². The summed E-state index contributed by atoms with van der Waals surface area (Å²) in [6.45, 7) is 0.914. The Morgan fingerprint density at radius 1 is 1.50 bits per heavy atom. The lowest BCUT2D eigenvalue weighted by molar-refractivity contribution is -0.122. The summed E-state index contributed by atoms with van der Waals surface area (Å²) < 4.78 is 6.76. The Balaban J connectivity index is 1.87. The molecule has 2 aromatic heterocycles. The molecule has 7 nitrogen and oxygen atoms in total. The number of hydrogen-bond donors (Lipinski definition) is 2. The largest absolute Gasteiger partial charge is 0.385 e. The Labute approximate surface area is 117 Å². The highest BCUT2D eigenvalue weighted by Gasteiger charge is 2.13. The van der Waals surface area contributed by atoms with Gasteiger partial charge in [0.1, 0.15) is 0 Å². The minimum absolute atomic E-state index is 0.186. The number of nitrogens with one attached hydrogen (secondary N) is 1. The van der Waals surface area contributed by atoms with Crippen molar-refractivity contribution < 1.29 is 9.53 Å². The summed E-state index contributed by atoms with van der Waals surface area (Å²) in [6, 6.07) is 5.11. The Kier molecular flexibility index (Phi) is 5.03. The number of amides is 1. The molecule has 2 heterocycles. The van der Waals surface area contributed by atoms with E-state index in [0.29, 0.717) is 25.4 Å². The van der Waals surface area contributed by atoms with E-state index in [2.05, 4.69) is 15.5 Å². The van der Waals surface area contributed by atoms with E-state index in [9.17, 15) is 4.79 Å². The first-order valence-corrected chi connectivity index (χ1v) is 6.53. The van der Waals surface area contributed by atoms with Crippen LogP contribution in [0.5, 0.6) is 0 Å². The fourth-order valence-corrected chi connectivity index (χ4v) is 1.89. The van der Waals surface area contributed by atoms with Crippen LogP contribution >= 0.6 is 0 Å². The van der Waals surface area contributed by atoms with Gasteiger partial charge in [0, 0.05) is 19.9 Å². The van der Waals surface area contributed by atoms with Crippen molar-refractivity contribution in [2.24, 2.45) is 5.73 Å². The van der Waals surface area contributed by atoms with Crippen molar-refractivity contribution in [1.29, 1.82) is 0 Å². The van der Waals surface area contributed by atoms with Crippen molar-refractivity contribution >= 4 is 11.6 Å². The zero-order chi connectivity index (χ0) is 14.4. The summed E-state index contributed by atoms with van der Waals surface area (Å²) in [5, 5.41) is 10.8. The number of carbonyl (C=O) groups is 1. The lowest BCUT2D eigenvalue weighted by atomic mass is 10.1. The lowest BCUT2D eigenvalue weighted by Crippen LogP contribution is -2.40. The number of methoxy groups -OCH3 is 1. The molecule has 0 spiro atoms. The van der Waals surface area contributed by atoms with Crippen LogP contribution in [0.1, 0.15) is 18.7 Å². The first-order valence-electron chi connectivity index (χ1n) is 6.53. The number of ether oxygens (including phenoxy) is 1. The van der Waals surface area contributed by atoms with E-state index in [1.807, 2.05) is 28.8 Å². The average Bonchev–Trinajstić information content (AvgIpc) is 2.88. The number of fused-ring (bicyclic) bond motifs is 1. The molecule has 0 fully saturated rings. The molecule has 0 radical (unpaired) electrons. The van der Waals surface area contributed by atoms with Crippen LogP contribution in [0.2, 0.25) is 0 Å². The Bertz CT molecular complexity index is 569. The van der Waals surface area contributed by atoms with Gasteiger partial charge in [-0.25, -0.2) is 0 Å². The lowest BCUT2D eigenvalue weighted by Gasteiger charge is -2.11. The van der Waals surface area contributed by atoms with Crippen LogP contribution in [0.4, 0.5) is 0 Å². The van der Waals surface area contributed by atoms with E-state index in [1.54, 1.807) is 7.11 Å². The monoisotopic (exact) mass is 277 g/mol. The second kappa shape index (κ2) is 6.97. The van der Waals surface area contributed by atoms with Gasteiger partial charge in [0.05, 0.1) is 12.6 Å². The predicted molar refractivity (Wildman–Crippen MR) is 73.9 cm³/mol. The summed E-state index contributed by atoms with van der Waals surface area (Å²) in [5.41, 5.74) is 6.55.